The SMILES string of the molecule is Cc1cc(Nc2ccc(C(C)C)cc2)ccc1C#N. The molecule has 0 atom stereocenters. The first-order valence-corrected chi connectivity index (χ1v) is 6.48. The van der Waals surface area contributed by atoms with Crippen molar-refractivity contribution < 1.29 is 0 Å². The second kappa shape index (κ2) is 5.58. The highest BCUT2D eigenvalue weighted by Crippen LogP contribution is 2.22. The average Bonchev–Trinajstić information content (AvgIpc) is 2.39. The van der Waals surface area contributed by atoms with Gasteiger partial charge in [0, 0.05) is 11.4 Å². The van der Waals surface area contributed by atoms with Gasteiger partial charge in [-0.3, -0.25) is 0 Å². The van der Waals surface area contributed by atoms with E-state index in [1.54, 1.807) is 0 Å². The molecule has 0 heterocycles. The van der Waals surface area contributed by atoms with Gasteiger partial charge in [0.1, 0.15) is 0 Å². The van der Waals surface area contributed by atoms with Gasteiger partial charge < -0.3 is 5.32 Å². The van der Waals surface area contributed by atoms with Crippen molar-refractivity contribution in [2.24, 2.45) is 0 Å². The van der Waals surface area contributed by atoms with Crippen LogP contribution >= 0.6 is 0 Å². The van der Waals surface area contributed by atoms with Crippen LogP contribution in [0, 0.1) is 18.3 Å². The number of hydrogen-bond acceptors (Lipinski definition) is 2. The van der Waals surface area contributed by atoms with E-state index in [0.717, 1.165) is 22.5 Å². The molecule has 0 aliphatic carbocycles. The molecule has 0 aliphatic heterocycles. The standard InChI is InChI=1S/C17H18N2/c1-12(2)14-4-7-16(8-5-14)19-17-9-6-15(11-18)13(3)10-17/h4-10,12,19H,1-3H3. The number of rotatable bonds is 3. The van der Waals surface area contributed by atoms with Gasteiger partial charge in [-0.05, 0) is 54.3 Å². The third-order valence-electron chi connectivity index (χ3n) is 3.21. The first kappa shape index (κ1) is 13.2. The maximum atomic E-state index is 8.91. The van der Waals surface area contributed by atoms with Crippen molar-refractivity contribution in [1.29, 1.82) is 5.26 Å². The Morgan fingerprint density at radius 1 is 1.00 bits per heavy atom. The lowest BCUT2D eigenvalue weighted by molar-refractivity contribution is 0.867. The second-order valence-corrected chi connectivity index (χ2v) is 5.04. The fraction of sp³-hybridized carbons (Fsp3) is 0.235. The van der Waals surface area contributed by atoms with E-state index in [9.17, 15) is 0 Å². The Hall–Kier alpha value is -2.27. The lowest BCUT2D eigenvalue weighted by Gasteiger charge is -2.10. The molecule has 0 saturated carbocycles. The summed E-state index contributed by atoms with van der Waals surface area (Å²) in [6, 6.07) is 16.4. The minimum Gasteiger partial charge on any atom is -0.356 e. The Morgan fingerprint density at radius 2 is 1.63 bits per heavy atom. The van der Waals surface area contributed by atoms with Gasteiger partial charge in [0.05, 0.1) is 11.6 Å². The fourth-order valence-corrected chi connectivity index (χ4v) is 1.98. The van der Waals surface area contributed by atoms with Crippen LogP contribution in [0.5, 0.6) is 0 Å². The maximum Gasteiger partial charge on any atom is 0.0994 e. The number of nitrogens with zero attached hydrogens (tertiary/aromatic N) is 1. The lowest BCUT2D eigenvalue weighted by atomic mass is 10.0. The molecule has 2 aromatic carbocycles. The van der Waals surface area contributed by atoms with Crippen LogP contribution in [0.3, 0.4) is 0 Å². The minimum absolute atomic E-state index is 0.547. The van der Waals surface area contributed by atoms with Gasteiger partial charge in [0.25, 0.3) is 0 Å². The topological polar surface area (TPSA) is 35.8 Å². The van der Waals surface area contributed by atoms with Gasteiger partial charge in [0.15, 0.2) is 0 Å². The van der Waals surface area contributed by atoms with E-state index in [-0.39, 0.29) is 0 Å². The summed E-state index contributed by atoms with van der Waals surface area (Å²) in [6.45, 7) is 6.32. The van der Waals surface area contributed by atoms with E-state index in [2.05, 4.69) is 49.5 Å². The Balaban J connectivity index is 2.17. The fourth-order valence-electron chi connectivity index (χ4n) is 1.98. The zero-order valence-electron chi connectivity index (χ0n) is 11.6. The number of benzene rings is 2. The molecule has 19 heavy (non-hydrogen) atoms. The average molecular weight is 250 g/mol. The van der Waals surface area contributed by atoms with E-state index >= 15 is 0 Å². The summed E-state index contributed by atoms with van der Waals surface area (Å²) in [5.74, 6) is 0.547. The molecule has 0 saturated heterocycles. The summed E-state index contributed by atoms with van der Waals surface area (Å²) >= 11 is 0. The summed E-state index contributed by atoms with van der Waals surface area (Å²) in [6.07, 6.45) is 0. The number of hydrogen-bond donors (Lipinski definition) is 1. The van der Waals surface area contributed by atoms with Gasteiger partial charge in [-0.1, -0.05) is 26.0 Å². The third-order valence-corrected chi connectivity index (χ3v) is 3.21. The van der Waals surface area contributed by atoms with E-state index in [1.807, 2.05) is 25.1 Å². The molecule has 0 spiro atoms. The Labute approximate surface area is 114 Å². The molecule has 0 aliphatic rings. The van der Waals surface area contributed by atoms with E-state index < -0.39 is 0 Å². The smallest absolute Gasteiger partial charge is 0.0994 e. The van der Waals surface area contributed by atoms with Crippen LogP contribution in [-0.2, 0) is 0 Å². The van der Waals surface area contributed by atoms with Crippen molar-refractivity contribution in [2.45, 2.75) is 26.7 Å². The summed E-state index contributed by atoms with van der Waals surface area (Å²) in [5, 5.41) is 12.3. The van der Waals surface area contributed by atoms with Crippen LogP contribution in [0.2, 0.25) is 0 Å². The van der Waals surface area contributed by atoms with Crippen LogP contribution in [0.15, 0.2) is 42.5 Å². The summed E-state index contributed by atoms with van der Waals surface area (Å²) in [5.41, 5.74) is 5.12. The van der Waals surface area contributed by atoms with Gasteiger partial charge >= 0.3 is 0 Å². The maximum absolute atomic E-state index is 8.91. The zero-order valence-corrected chi connectivity index (χ0v) is 11.6. The molecule has 0 bridgehead atoms. The normalized spacial score (nSPS) is 10.3. The molecule has 2 rings (SSSR count). The quantitative estimate of drug-likeness (QED) is 0.854. The molecule has 0 unspecified atom stereocenters. The van der Waals surface area contributed by atoms with E-state index in [0.29, 0.717) is 5.92 Å². The van der Waals surface area contributed by atoms with Crippen molar-refractivity contribution in [3.8, 4) is 6.07 Å². The molecule has 0 amide bonds. The molecular weight excluding hydrogens is 232 g/mol. The molecule has 2 nitrogen and oxygen atoms in total. The van der Waals surface area contributed by atoms with Gasteiger partial charge in [-0.15, -0.1) is 0 Å². The molecule has 1 N–H and O–H groups in total. The van der Waals surface area contributed by atoms with Crippen LogP contribution < -0.4 is 5.32 Å². The number of anilines is 2. The van der Waals surface area contributed by atoms with Gasteiger partial charge in [0.2, 0.25) is 0 Å². The minimum atomic E-state index is 0.547. The first-order chi connectivity index (χ1) is 9.10. The van der Waals surface area contributed by atoms with Crippen LogP contribution in [0.1, 0.15) is 36.5 Å². The number of aryl methyl sites for hydroxylation is 1. The molecule has 0 aromatic heterocycles. The predicted octanol–water partition coefficient (Wildman–Crippen LogP) is 4.73. The largest absolute Gasteiger partial charge is 0.356 e. The van der Waals surface area contributed by atoms with Crippen molar-refractivity contribution in [2.75, 3.05) is 5.32 Å². The zero-order chi connectivity index (χ0) is 13.8. The second-order valence-electron chi connectivity index (χ2n) is 5.04. The van der Waals surface area contributed by atoms with Crippen molar-refractivity contribution in [1.82, 2.24) is 0 Å². The Morgan fingerprint density at radius 3 is 2.16 bits per heavy atom. The van der Waals surface area contributed by atoms with Crippen LogP contribution in [-0.4, -0.2) is 0 Å². The molecule has 0 fully saturated rings. The first-order valence-electron chi connectivity index (χ1n) is 6.48. The Bertz CT molecular complexity index is 604. The highest BCUT2D eigenvalue weighted by Gasteiger charge is 2.01. The van der Waals surface area contributed by atoms with Gasteiger partial charge in [-0.25, -0.2) is 0 Å². The number of nitrogens with one attached hydrogen (secondary N) is 1. The molecule has 2 aromatic rings. The summed E-state index contributed by atoms with van der Waals surface area (Å²) < 4.78 is 0. The molecule has 2 heteroatoms. The van der Waals surface area contributed by atoms with Crippen molar-refractivity contribution in [3.63, 3.8) is 0 Å². The van der Waals surface area contributed by atoms with Gasteiger partial charge in [-0.2, -0.15) is 5.26 Å². The van der Waals surface area contributed by atoms with Crippen molar-refractivity contribution >= 4 is 11.4 Å². The van der Waals surface area contributed by atoms with Crippen LogP contribution in [0.25, 0.3) is 0 Å². The van der Waals surface area contributed by atoms with Crippen molar-refractivity contribution in [3.05, 3.63) is 59.2 Å². The molecule has 0 radical (unpaired) electrons. The predicted molar refractivity (Wildman–Crippen MR) is 79.7 cm³/mol. The summed E-state index contributed by atoms with van der Waals surface area (Å²) in [7, 11) is 0. The summed E-state index contributed by atoms with van der Waals surface area (Å²) in [4.78, 5) is 0. The highest BCUT2D eigenvalue weighted by atomic mass is 14.9. The van der Waals surface area contributed by atoms with Crippen LogP contribution in [0.4, 0.5) is 11.4 Å². The Kier molecular flexibility index (Phi) is 3.87. The molecular formula is C17H18N2. The third kappa shape index (κ3) is 3.14. The highest BCUT2D eigenvalue weighted by molar-refractivity contribution is 5.62. The van der Waals surface area contributed by atoms with E-state index in [1.165, 1.54) is 5.56 Å². The monoisotopic (exact) mass is 250 g/mol. The number of nitriles is 1. The molecule has 96 valence electrons. The van der Waals surface area contributed by atoms with E-state index in [4.69, 9.17) is 5.26 Å². The lowest BCUT2D eigenvalue weighted by Crippen LogP contribution is -1.93.